The van der Waals surface area contributed by atoms with Gasteiger partial charge in [-0.15, -0.1) is 0 Å². The van der Waals surface area contributed by atoms with Crippen molar-refractivity contribution < 1.29 is 18.4 Å². The van der Waals surface area contributed by atoms with Gasteiger partial charge >= 0.3 is 0 Å². The van der Waals surface area contributed by atoms with Crippen LogP contribution in [0, 0.1) is 0 Å². The number of nitrogens with one attached hydrogen (secondary N) is 1. The molecule has 3 aromatic rings. The predicted octanol–water partition coefficient (Wildman–Crippen LogP) is 3.09. The lowest BCUT2D eigenvalue weighted by molar-refractivity contribution is 0.0977. The minimum atomic E-state index is -0.796. The Morgan fingerprint density at radius 1 is 1.20 bits per heavy atom. The number of halogens is 1. The lowest BCUT2D eigenvalue weighted by Gasteiger charge is -2.06. The van der Waals surface area contributed by atoms with Gasteiger partial charge in [-0.2, -0.15) is 0 Å². The van der Waals surface area contributed by atoms with Crippen LogP contribution in [0.4, 0.5) is 5.69 Å². The van der Waals surface area contributed by atoms with Gasteiger partial charge < -0.3 is 24.8 Å². The van der Waals surface area contributed by atoms with E-state index in [0.717, 1.165) is 0 Å². The van der Waals surface area contributed by atoms with Crippen molar-refractivity contribution in [2.75, 3.05) is 19.4 Å². The first-order valence-corrected chi connectivity index (χ1v) is 7.79. The van der Waals surface area contributed by atoms with Gasteiger partial charge in [0.2, 0.25) is 5.76 Å². The SMILES string of the molecule is CN(C)Cc1ccc(C(=O)Nc2c(C(N)=O)oc3cc(Cl)ccc23)o1. The topological polar surface area (TPSA) is 102 Å². The Hall–Kier alpha value is -2.77. The van der Waals surface area contributed by atoms with Gasteiger partial charge in [-0.05, 0) is 38.4 Å². The summed E-state index contributed by atoms with van der Waals surface area (Å²) in [5, 5.41) is 3.59. The van der Waals surface area contributed by atoms with Crippen molar-refractivity contribution >= 4 is 40.1 Å². The van der Waals surface area contributed by atoms with E-state index in [1.807, 2.05) is 19.0 Å². The van der Waals surface area contributed by atoms with Crippen molar-refractivity contribution in [1.29, 1.82) is 0 Å². The van der Waals surface area contributed by atoms with Gasteiger partial charge in [-0.3, -0.25) is 9.59 Å². The first kappa shape index (κ1) is 17.1. The van der Waals surface area contributed by atoms with Crippen LogP contribution in [0.25, 0.3) is 11.0 Å². The fourth-order valence-corrected chi connectivity index (χ4v) is 2.60. The maximum absolute atomic E-state index is 12.5. The molecule has 0 saturated heterocycles. The minimum absolute atomic E-state index is 0.121. The van der Waals surface area contributed by atoms with Crippen LogP contribution in [-0.2, 0) is 6.54 Å². The highest BCUT2D eigenvalue weighted by Gasteiger charge is 2.22. The highest BCUT2D eigenvalue weighted by molar-refractivity contribution is 6.31. The van der Waals surface area contributed by atoms with Gasteiger partial charge in [0.1, 0.15) is 17.0 Å². The summed E-state index contributed by atoms with van der Waals surface area (Å²) in [4.78, 5) is 26.0. The number of nitrogens with two attached hydrogens (primary N) is 1. The summed E-state index contributed by atoms with van der Waals surface area (Å²) in [6.45, 7) is 0.562. The Balaban J connectivity index is 1.94. The highest BCUT2D eigenvalue weighted by Crippen LogP contribution is 2.33. The fraction of sp³-hybridized carbons (Fsp3) is 0.176. The Labute approximate surface area is 148 Å². The second-order valence-corrected chi connectivity index (χ2v) is 6.21. The number of rotatable bonds is 5. The van der Waals surface area contributed by atoms with E-state index < -0.39 is 11.8 Å². The number of carbonyl (C=O) groups excluding carboxylic acids is 2. The molecule has 25 heavy (non-hydrogen) atoms. The molecule has 7 nitrogen and oxygen atoms in total. The summed E-state index contributed by atoms with van der Waals surface area (Å²) in [6.07, 6.45) is 0. The van der Waals surface area contributed by atoms with Crippen molar-refractivity contribution in [3.05, 3.63) is 52.6 Å². The molecule has 0 aliphatic rings. The standard InChI is InChI=1S/C17H16ClN3O4/c1-21(2)8-10-4-6-12(24-10)17(23)20-14-11-5-3-9(18)7-13(11)25-15(14)16(19)22/h3-7H,8H2,1-2H3,(H2,19,22)(H,20,23). The van der Waals surface area contributed by atoms with Crippen LogP contribution < -0.4 is 11.1 Å². The van der Waals surface area contributed by atoms with E-state index in [4.69, 9.17) is 26.2 Å². The molecule has 2 amide bonds. The molecule has 3 rings (SSSR count). The van der Waals surface area contributed by atoms with Crippen LogP contribution in [0.15, 0.2) is 39.2 Å². The number of primary amides is 1. The lowest BCUT2D eigenvalue weighted by atomic mass is 10.2. The average molecular weight is 362 g/mol. The van der Waals surface area contributed by atoms with E-state index in [1.165, 1.54) is 0 Å². The van der Waals surface area contributed by atoms with Crippen molar-refractivity contribution in [2.24, 2.45) is 5.73 Å². The first-order valence-electron chi connectivity index (χ1n) is 7.42. The Kier molecular flexibility index (Phi) is 4.52. The summed E-state index contributed by atoms with van der Waals surface area (Å²) in [5.74, 6) is -0.684. The molecule has 0 atom stereocenters. The van der Waals surface area contributed by atoms with E-state index >= 15 is 0 Å². The van der Waals surface area contributed by atoms with Crippen molar-refractivity contribution in [3.8, 4) is 0 Å². The van der Waals surface area contributed by atoms with Gasteiger partial charge in [-0.1, -0.05) is 11.6 Å². The van der Waals surface area contributed by atoms with E-state index in [9.17, 15) is 9.59 Å². The molecular weight excluding hydrogens is 346 g/mol. The van der Waals surface area contributed by atoms with Crippen LogP contribution in [0.5, 0.6) is 0 Å². The maximum Gasteiger partial charge on any atom is 0.291 e. The third-order valence-corrected chi connectivity index (χ3v) is 3.71. The molecule has 0 unspecified atom stereocenters. The molecule has 130 valence electrons. The molecule has 1 aromatic carbocycles. The van der Waals surface area contributed by atoms with Crippen LogP contribution in [0.3, 0.4) is 0 Å². The first-order chi connectivity index (χ1) is 11.8. The number of benzene rings is 1. The average Bonchev–Trinajstić information content (AvgIpc) is 3.11. The fourth-order valence-electron chi connectivity index (χ4n) is 2.44. The second-order valence-electron chi connectivity index (χ2n) is 5.77. The van der Waals surface area contributed by atoms with Crippen molar-refractivity contribution in [3.63, 3.8) is 0 Å². The van der Waals surface area contributed by atoms with Crippen LogP contribution in [0.1, 0.15) is 26.9 Å². The molecule has 0 fully saturated rings. The zero-order valence-electron chi connectivity index (χ0n) is 13.6. The maximum atomic E-state index is 12.5. The Morgan fingerprint density at radius 2 is 1.96 bits per heavy atom. The normalized spacial score (nSPS) is 11.2. The zero-order chi connectivity index (χ0) is 18.1. The molecule has 0 aliphatic heterocycles. The minimum Gasteiger partial charge on any atom is -0.455 e. The summed E-state index contributed by atoms with van der Waals surface area (Å²) < 4.78 is 10.9. The van der Waals surface area contributed by atoms with Crippen LogP contribution in [0.2, 0.25) is 5.02 Å². The smallest absolute Gasteiger partial charge is 0.291 e. The lowest BCUT2D eigenvalue weighted by Crippen LogP contribution is -2.16. The number of fused-ring (bicyclic) bond motifs is 1. The largest absolute Gasteiger partial charge is 0.455 e. The third kappa shape index (κ3) is 3.52. The molecule has 2 heterocycles. The zero-order valence-corrected chi connectivity index (χ0v) is 14.4. The van der Waals surface area contributed by atoms with E-state index in [1.54, 1.807) is 30.3 Å². The van der Waals surface area contributed by atoms with Gasteiger partial charge in [0.25, 0.3) is 11.8 Å². The summed E-state index contributed by atoms with van der Waals surface area (Å²) >= 11 is 5.92. The summed E-state index contributed by atoms with van der Waals surface area (Å²) in [7, 11) is 3.79. The molecule has 0 aliphatic carbocycles. The van der Waals surface area contributed by atoms with E-state index in [2.05, 4.69) is 5.32 Å². The van der Waals surface area contributed by atoms with Crippen molar-refractivity contribution in [2.45, 2.75) is 6.54 Å². The Morgan fingerprint density at radius 3 is 2.64 bits per heavy atom. The molecular formula is C17H16ClN3O4. The second kappa shape index (κ2) is 6.62. The molecule has 8 heteroatoms. The quantitative estimate of drug-likeness (QED) is 0.727. The molecule has 0 spiro atoms. The van der Waals surface area contributed by atoms with Gasteiger partial charge in [0.05, 0.1) is 6.54 Å². The predicted molar refractivity (Wildman–Crippen MR) is 93.8 cm³/mol. The molecule has 0 saturated carbocycles. The number of furan rings is 2. The van der Waals surface area contributed by atoms with Gasteiger partial charge in [-0.25, -0.2) is 0 Å². The molecule has 0 radical (unpaired) electrons. The van der Waals surface area contributed by atoms with Gasteiger partial charge in [0, 0.05) is 16.5 Å². The number of hydrogen-bond acceptors (Lipinski definition) is 5. The third-order valence-electron chi connectivity index (χ3n) is 3.47. The molecule has 0 bridgehead atoms. The summed E-state index contributed by atoms with van der Waals surface area (Å²) in [6, 6.07) is 8.10. The number of hydrogen-bond donors (Lipinski definition) is 2. The summed E-state index contributed by atoms with van der Waals surface area (Å²) in [5.41, 5.74) is 5.88. The van der Waals surface area contributed by atoms with Crippen LogP contribution in [-0.4, -0.2) is 30.8 Å². The highest BCUT2D eigenvalue weighted by atomic mass is 35.5. The molecule has 2 aromatic heterocycles. The Bertz CT molecular complexity index is 958. The van der Waals surface area contributed by atoms with Crippen LogP contribution >= 0.6 is 11.6 Å². The van der Waals surface area contributed by atoms with Crippen molar-refractivity contribution in [1.82, 2.24) is 4.90 Å². The van der Waals surface area contributed by atoms with E-state index in [-0.39, 0.29) is 17.2 Å². The van der Waals surface area contributed by atoms with Gasteiger partial charge in [0.15, 0.2) is 5.76 Å². The monoisotopic (exact) mass is 361 g/mol. The number of carbonyl (C=O) groups is 2. The number of anilines is 1. The number of nitrogens with zero attached hydrogens (tertiary/aromatic N) is 1. The van der Waals surface area contributed by atoms with E-state index in [0.29, 0.717) is 28.3 Å². The number of amides is 2. The molecule has 3 N–H and O–H groups in total.